The minimum Gasteiger partial charge on any atom is -0.508 e. The molecule has 1 amide bonds. The Morgan fingerprint density at radius 1 is 1.14 bits per heavy atom. The zero-order valence-corrected chi connectivity index (χ0v) is 22.2. The van der Waals surface area contributed by atoms with Crippen LogP contribution in [0.1, 0.15) is 43.7 Å². The number of ether oxygens (including phenoxy) is 1. The van der Waals surface area contributed by atoms with Gasteiger partial charge in [0.1, 0.15) is 5.75 Å². The lowest BCUT2D eigenvalue weighted by Crippen LogP contribution is -2.41. The number of phenols is 1. The number of nitrogens with zero attached hydrogens (tertiary/aromatic N) is 1. The highest BCUT2D eigenvalue weighted by atomic mass is 32.1. The molecule has 0 aliphatic rings. The van der Waals surface area contributed by atoms with Gasteiger partial charge in [0.15, 0.2) is 0 Å². The second-order valence-corrected chi connectivity index (χ2v) is 8.98. The van der Waals surface area contributed by atoms with Gasteiger partial charge in [0, 0.05) is 24.9 Å². The van der Waals surface area contributed by atoms with Gasteiger partial charge in [-0.15, -0.1) is 0 Å². The van der Waals surface area contributed by atoms with Crippen molar-refractivity contribution in [2.75, 3.05) is 26.0 Å². The lowest BCUT2D eigenvalue weighted by Gasteiger charge is -2.28. The Labute approximate surface area is 216 Å². The highest BCUT2D eigenvalue weighted by Gasteiger charge is 2.20. The smallest absolute Gasteiger partial charge is 0.222 e. The van der Waals surface area contributed by atoms with E-state index in [2.05, 4.69) is 24.8 Å². The van der Waals surface area contributed by atoms with Gasteiger partial charge >= 0.3 is 0 Å². The number of amides is 1. The number of aromatic hydroxyl groups is 1. The Balaban J connectivity index is 0.000000642. The molecule has 0 radical (unpaired) electrons. The van der Waals surface area contributed by atoms with Crippen molar-refractivity contribution in [1.82, 2.24) is 4.90 Å². The van der Waals surface area contributed by atoms with Crippen molar-refractivity contribution >= 4 is 18.5 Å². The number of phenolic OH excluding ortho intramolecular Hbond substituents is 1. The first-order chi connectivity index (χ1) is 16.8. The quantitative estimate of drug-likeness (QED) is 0.239. The molecule has 35 heavy (non-hydrogen) atoms. The average molecular weight is 503 g/mol. The maximum Gasteiger partial charge on any atom is 0.222 e. The van der Waals surface area contributed by atoms with Crippen LogP contribution in [0, 0.1) is 6.92 Å². The number of carbonyl (C=O) groups excluding carboxylic acids is 1. The van der Waals surface area contributed by atoms with Crippen molar-refractivity contribution < 1.29 is 19.7 Å². The SMILES string of the molecule is CC=C(N)C(O)CCCCC(=O)N(C)C(COCCS)Cc1ccccc1.Cc1ccc(O)cc1. The van der Waals surface area contributed by atoms with E-state index in [9.17, 15) is 9.90 Å². The van der Waals surface area contributed by atoms with Crippen LogP contribution >= 0.6 is 12.6 Å². The van der Waals surface area contributed by atoms with E-state index in [1.165, 1.54) is 11.1 Å². The van der Waals surface area contributed by atoms with E-state index in [1.807, 2.05) is 44.3 Å². The van der Waals surface area contributed by atoms with Crippen LogP contribution in [0.15, 0.2) is 66.4 Å². The number of allylic oxidation sites excluding steroid dienone is 1. The van der Waals surface area contributed by atoms with Crippen LogP contribution in [-0.2, 0) is 16.0 Å². The number of unbranched alkanes of at least 4 members (excludes halogenated alkanes) is 1. The fourth-order valence-electron chi connectivity index (χ4n) is 3.38. The number of likely N-dealkylation sites (N-methyl/N-ethyl adjacent to an activating group) is 1. The first kappa shape index (κ1) is 30.6. The van der Waals surface area contributed by atoms with Crippen LogP contribution in [0.4, 0.5) is 0 Å². The molecule has 7 heteroatoms. The number of aliphatic hydroxyl groups excluding tert-OH is 1. The molecule has 0 aliphatic carbocycles. The van der Waals surface area contributed by atoms with E-state index in [0.29, 0.717) is 43.3 Å². The predicted octanol–water partition coefficient (Wildman–Crippen LogP) is 4.49. The van der Waals surface area contributed by atoms with Gasteiger partial charge in [-0.2, -0.15) is 12.6 Å². The summed E-state index contributed by atoms with van der Waals surface area (Å²) in [6.45, 7) is 4.86. The molecule has 4 N–H and O–H groups in total. The van der Waals surface area contributed by atoms with Crippen LogP contribution in [0.25, 0.3) is 0 Å². The molecule has 2 rings (SSSR count). The largest absolute Gasteiger partial charge is 0.508 e. The van der Waals surface area contributed by atoms with Crippen molar-refractivity contribution in [3.8, 4) is 5.75 Å². The van der Waals surface area contributed by atoms with Gasteiger partial charge in [0.05, 0.1) is 25.4 Å². The number of benzene rings is 2. The van der Waals surface area contributed by atoms with Crippen LogP contribution in [0.5, 0.6) is 5.75 Å². The molecular formula is C28H42N2O4S. The van der Waals surface area contributed by atoms with Gasteiger partial charge in [-0.3, -0.25) is 4.79 Å². The second-order valence-electron chi connectivity index (χ2n) is 8.53. The molecule has 0 bridgehead atoms. The number of aryl methyl sites for hydroxylation is 1. The van der Waals surface area contributed by atoms with Crippen LogP contribution in [0.3, 0.4) is 0 Å². The Kier molecular flexibility index (Phi) is 15.6. The molecular weight excluding hydrogens is 460 g/mol. The van der Waals surface area contributed by atoms with E-state index < -0.39 is 6.10 Å². The molecule has 0 saturated heterocycles. The first-order valence-corrected chi connectivity index (χ1v) is 12.7. The van der Waals surface area contributed by atoms with Gasteiger partial charge in [0.25, 0.3) is 0 Å². The summed E-state index contributed by atoms with van der Waals surface area (Å²) in [7, 11) is 1.84. The molecule has 0 heterocycles. The summed E-state index contributed by atoms with van der Waals surface area (Å²) in [5, 5.41) is 18.6. The number of nitrogens with two attached hydrogens (primary N) is 1. The van der Waals surface area contributed by atoms with Gasteiger partial charge in [-0.1, -0.05) is 54.1 Å². The van der Waals surface area contributed by atoms with Crippen molar-refractivity contribution in [1.29, 1.82) is 0 Å². The summed E-state index contributed by atoms with van der Waals surface area (Å²) in [6.07, 6.45) is 4.36. The third kappa shape index (κ3) is 13.3. The lowest BCUT2D eigenvalue weighted by atomic mass is 10.0. The van der Waals surface area contributed by atoms with Gasteiger partial charge in [0.2, 0.25) is 5.91 Å². The zero-order chi connectivity index (χ0) is 26.1. The standard InChI is InChI=1S/C21H34N2O3S.C7H8O/c1-3-19(22)20(24)11-7-8-12-21(25)23(2)18(16-26-13-14-27)15-17-9-5-4-6-10-17;1-6-2-4-7(8)5-3-6/h3-6,9-10,18,20,24,27H,7-8,11-16,22H2,1-2H3;2-5,8H,1H3. The summed E-state index contributed by atoms with van der Waals surface area (Å²) in [4.78, 5) is 14.4. The molecule has 0 aromatic heterocycles. The summed E-state index contributed by atoms with van der Waals surface area (Å²) in [5.41, 5.74) is 8.53. The van der Waals surface area contributed by atoms with Gasteiger partial charge < -0.3 is 25.6 Å². The van der Waals surface area contributed by atoms with E-state index >= 15 is 0 Å². The monoisotopic (exact) mass is 502 g/mol. The maximum atomic E-state index is 12.6. The molecule has 2 aromatic rings. The van der Waals surface area contributed by atoms with Crippen molar-refractivity contribution in [3.63, 3.8) is 0 Å². The molecule has 2 atom stereocenters. The second kappa shape index (κ2) is 17.9. The topological polar surface area (TPSA) is 96.0 Å². The summed E-state index contributed by atoms with van der Waals surface area (Å²) < 4.78 is 5.66. The molecule has 2 unspecified atom stereocenters. The molecule has 194 valence electrons. The summed E-state index contributed by atoms with van der Waals surface area (Å²) >= 11 is 4.17. The van der Waals surface area contributed by atoms with Crippen LogP contribution in [0.2, 0.25) is 0 Å². The maximum absolute atomic E-state index is 12.6. The predicted molar refractivity (Wildman–Crippen MR) is 147 cm³/mol. The van der Waals surface area contributed by atoms with Gasteiger partial charge in [-0.25, -0.2) is 0 Å². The van der Waals surface area contributed by atoms with Crippen molar-refractivity contribution in [2.24, 2.45) is 5.73 Å². The van der Waals surface area contributed by atoms with Crippen LogP contribution in [-0.4, -0.2) is 59.2 Å². The Bertz CT molecular complexity index is 838. The summed E-state index contributed by atoms with van der Waals surface area (Å²) in [6, 6.07) is 17.2. The molecule has 2 aromatic carbocycles. The number of thiol groups is 1. The number of hydrogen-bond acceptors (Lipinski definition) is 6. The van der Waals surface area contributed by atoms with Crippen molar-refractivity contribution in [3.05, 3.63) is 77.5 Å². The van der Waals surface area contributed by atoms with E-state index in [1.54, 1.807) is 30.0 Å². The molecule has 0 spiro atoms. The minimum atomic E-state index is -0.622. The van der Waals surface area contributed by atoms with E-state index in [-0.39, 0.29) is 11.9 Å². The molecule has 6 nitrogen and oxygen atoms in total. The fourth-order valence-corrected chi connectivity index (χ4v) is 3.50. The summed E-state index contributed by atoms with van der Waals surface area (Å²) in [5.74, 6) is 1.09. The number of aliphatic hydroxyl groups is 1. The number of hydrogen-bond donors (Lipinski definition) is 4. The van der Waals surface area contributed by atoms with E-state index in [0.717, 1.165) is 19.3 Å². The average Bonchev–Trinajstić information content (AvgIpc) is 2.87. The number of carbonyl (C=O) groups is 1. The zero-order valence-electron chi connectivity index (χ0n) is 21.3. The lowest BCUT2D eigenvalue weighted by molar-refractivity contribution is -0.133. The Morgan fingerprint density at radius 3 is 2.37 bits per heavy atom. The first-order valence-electron chi connectivity index (χ1n) is 12.1. The fraction of sp³-hybridized carbons (Fsp3) is 0.464. The number of rotatable bonds is 13. The third-order valence-corrected chi connectivity index (χ3v) is 5.85. The third-order valence-electron chi connectivity index (χ3n) is 5.67. The van der Waals surface area contributed by atoms with Crippen molar-refractivity contribution in [2.45, 2.75) is 58.1 Å². The van der Waals surface area contributed by atoms with E-state index in [4.69, 9.17) is 15.6 Å². The Morgan fingerprint density at radius 2 is 1.80 bits per heavy atom. The highest BCUT2D eigenvalue weighted by molar-refractivity contribution is 7.80. The van der Waals surface area contributed by atoms with Crippen LogP contribution < -0.4 is 5.73 Å². The Hall–Kier alpha value is -2.48. The highest BCUT2D eigenvalue weighted by Crippen LogP contribution is 2.13. The molecule has 0 saturated carbocycles. The molecule has 0 aliphatic heterocycles. The molecule has 0 fully saturated rings. The van der Waals surface area contributed by atoms with Gasteiger partial charge in [-0.05, 0) is 57.2 Å². The minimum absolute atomic E-state index is 0.0101. The normalized spacial score (nSPS) is 12.9.